The van der Waals surface area contributed by atoms with Gasteiger partial charge in [-0.15, -0.1) is 0 Å². The van der Waals surface area contributed by atoms with Crippen LogP contribution in [0.4, 0.5) is 0 Å². The number of nitrogens with zero attached hydrogens (tertiary/aromatic N) is 2. The summed E-state index contributed by atoms with van der Waals surface area (Å²) in [7, 11) is 0. The molecule has 88 valence electrons. The largest absolute Gasteiger partial charge is 0.478 e. The molecule has 0 spiro atoms. The maximum Gasteiger partial charge on any atom is 0.337 e. The molecule has 1 heterocycles. The molecule has 0 unspecified atom stereocenters. The maximum absolute atomic E-state index is 11.0. The third kappa shape index (κ3) is 3.03. The Morgan fingerprint density at radius 1 is 1.56 bits per heavy atom. The van der Waals surface area contributed by atoms with Crippen LogP contribution in [-0.4, -0.2) is 33.5 Å². The molecule has 4 nitrogen and oxygen atoms in total. The smallest absolute Gasteiger partial charge is 0.337 e. The molecule has 0 aliphatic rings. The average molecular weight is 222 g/mol. The van der Waals surface area contributed by atoms with Gasteiger partial charge in [0.2, 0.25) is 0 Å². The first-order chi connectivity index (χ1) is 7.56. The van der Waals surface area contributed by atoms with E-state index in [4.69, 9.17) is 5.11 Å². The van der Waals surface area contributed by atoms with Crippen LogP contribution in [0.5, 0.6) is 0 Å². The van der Waals surface area contributed by atoms with E-state index < -0.39 is 5.97 Å². The van der Waals surface area contributed by atoms with E-state index >= 15 is 0 Å². The number of aromatic carboxylic acids is 1. The van der Waals surface area contributed by atoms with Crippen LogP contribution in [0, 0.1) is 0 Å². The van der Waals surface area contributed by atoms with Gasteiger partial charge in [0.25, 0.3) is 0 Å². The summed E-state index contributed by atoms with van der Waals surface area (Å²) in [5.74, 6) is -0.914. The molecule has 0 fully saturated rings. The van der Waals surface area contributed by atoms with Gasteiger partial charge in [-0.2, -0.15) is 0 Å². The third-order valence-electron chi connectivity index (χ3n) is 2.61. The van der Waals surface area contributed by atoms with E-state index in [9.17, 15) is 4.79 Å². The summed E-state index contributed by atoms with van der Waals surface area (Å²) in [5.41, 5.74) is 0.923. The molecule has 1 rings (SSSR count). The highest BCUT2D eigenvalue weighted by molar-refractivity contribution is 5.88. The lowest BCUT2D eigenvalue weighted by Crippen LogP contribution is -2.31. The Morgan fingerprint density at radius 3 is 2.75 bits per heavy atom. The minimum atomic E-state index is -0.914. The molecule has 16 heavy (non-hydrogen) atoms. The maximum atomic E-state index is 11.0. The van der Waals surface area contributed by atoms with Gasteiger partial charge in [0.05, 0.1) is 11.3 Å². The van der Waals surface area contributed by atoms with Crippen LogP contribution in [0.25, 0.3) is 0 Å². The zero-order chi connectivity index (χ0) is 12.1. The highest BCUT2D eigenvalue weighted by atomic mass is 16.4. The first-order valence-corrected chi connectivity index (χ1v) is 5.47. The molecule has 0 aliphatic carbocycles. The summed E-state index contributed by atoms with van der Waals surface area (Å²) in [6.45, 7) is 7.70. The van der Waals surface area contributed by atoms with E-state index in [1.807, 2.05) is 0 Å². The van der Waals surface area contributed by atoms with Crippen molar-refractivity contribution < 1.29 is 9.90 Å². The number of carboxylic acid groups (broad SMARTS) is 1. The van der Waals surface area contributed by atoms with Crippen LogP contribution in [0.1, 0.15) is 36.8 Å². The molecule has 1 N–H and O–H groups in total. The van der Waals surface area contributed by atoms with Gasteiger partial charge in [-0.3, -0.25) is 9.88 Å². The standard InChI is InChI=1S/C12H18N2O2/c1-4-14(9(2)3)8-11-10(12(15)16)6-5-7-13-11/h5-7,9H,4,8H2,1-3H3,(H,15,16). The van der Waals surface area contributed by atoms with Crippen LogP contribution in [0.2, 0.25) is 0 Å². The predicted molar refractivity (Wildman–Crippen MR) is 62.4 cm³/mol. The lowest BCUT2D eigenvalue weighted by molar-refractivity contribution is 0.0693. The van der Waals surface area contributed by atoms with Crippen LogP contribution in [-0.2, 0) is 6.54 Å². The zero-order valence-corrected chi connectivity index (χ0v) is 9.97. The number of rotatable bonds is 5. The van der Waals surface area contributed by atoms with Crippen molar-refractivity contribution in [3.8, 4) is 0 Å². The van der Waals surface area contributed by atoms with Gasteiger partial charge in [0.1, 0.15) is 0 Å². The highest BCUT2D eigenvalue weighted by Gasteiger charge is 2.14. The Hall–Kier alpha value is -1.42. The van der Waals surface area contributed by atoms with Crippen molar-refractivity contribution in [3.05, 3.63) is 29.6 Å². The molecule has 1 aromatic rings. The number of aromatic nitrogens is 1. The summed E-state index contributed by atoms with van der Waals surface area (Å²) in [6.07, 6.45) is 1.63. The van der Waals surface area contributed by atoms with Gasteiger partial charge in [-0.1, -0.05) is 6.92 Å². The third-order valence-corrected chi connectivity index (χ3v) is 2.61. The van der Waals surface area contributed by atoms with Crippen molar-refractivity contribution in [3.63, 3.8) is 0 Å². The molecule has 4 heteroatoms. The molecule has 0 amide bonds. The van der Waals surface area contributed by atoms with E-state index in [0.717, 1.165) is 6.54 Å². The lowest BCUT2D eigenvalue weighted by Gasteiger charge is -2.24. The van der Waals surface area contributed by atoms with Gasteiger partial charge >= 0.3 is 5.97 Å². The van der Waals surface area contributed by atoms with Gasteiger partial charge in [-0.05, 0) is 32.5 Å². The van der Waals surface area contributed by atoms with E-state index in [1.165, 1.54) is 0 Å². The fraction of sp³-hybridized carbons (Fsp3) is 0.500. The number of hydrogen-bond donors (Lipinski definition) is 1. The van der Waals surface area contributed by atoms with Crippen molar-refractivity contribution in [1.82, 2.24) is 9.88 Å². The van der Waals surface area contributed by atoms with Crippen molar-refractivity contribution in [1.29, 1.82) is 0 Å². The monoisotopic (exact) mass is 222 g/mol. The molecular formula is C12H18N2O2. The second-order valence-corrected chi connectivity index (χ2v) is 3.96. The number of carbonyl (C=O) groups is 1. The first kappa shape index (κ1) is 12.6. The molecule has 1 aromatic heterocycles. The van der Waals surface area contributed by atoms with E-state index in [2.05, 4.69) is 30.7 Å². The molecular weight excluding hydrogens is 204 g/mol. The second kappa shape index (κ2) is 5.61. The Bertz CT molecular complexity index is 364. The minimum Gasteiger partial charge on any atom is -0.478 e. The highest BCUT2D eigenvalue weighted by Crippen LogP contribution is 2.10. The van der Waals surface area contributed by atoms with Gasteiger partial charge in [-0.25, -0.2) is 4.79 Å². The summed E-state index contributed by atoms with van der Waals surface area (Å²) in [5, 5.41) is 9.03. The molecule has 0 bridgehead atoms. The average Bonchev–Trinajstić information content (AvgIpc) is 2.25. The lowest BCUT2D eigenvalue weighted by atomic mass is 10.1. The Kier molecular flexibility index (Phi) is 4.43. The summed E-state index contributed by atoms with van der Waals surface area (Å²) < 4.78 is 0. The molecule has 0 saturated carbocycles. The van der Waals surface area contributed by atoms with Crippen LogP contribution in [0.15, 0.2) is 18.3 Å². The van der Waals surface area contributed by atoms with E-state index in [0.29, 0.717) is 23.8 Å². The first-order valence-electron chi connectivity index (χ1n) is 5.47. The molecule has 0 aliphatic heterocycles. The van der Waals surface area contributed by atoms with Gasteiger partial charge in [0, 0.05) is 18.8 Å². The van der Waals surface area contributed by atoms with Crippen molar-refractivity contribution in [2.75, 3.05) is 6.54 Å². The van der Waals surface area contributed by atoms with Crippen molar-refractivity contribution >= 4 is 5.97 Å². The second-order valence-electron chi connectivity index (χ2n) is 3.96. The fourth-order valence-corrected chi connectivity index (χ4v) is 1.61. The fourth-order valence-electron chi connectivity index (χ4n) is 1.61. The molecule has 0 radical (unpaired) electrons. The van der Waals surface area contributed by atoms with E-state index in [-0.39, 0.29) is 0 Å². The topological polar surface area (TPSA) is 53.4 Å². The summed E-state index contributed by atoms with van der Waals surface area (Å²) in [4.78, 5) is 17.3. The van der Waals surface area contributed by atoms with Crippen molar-refractivity contribution in [2.45, 2.75) is 33.4 Å². The predicted octanol–water partition coefficient (Wildman–Crippen LogP) is 2.01. The number of pyridine rings is 1. The zero-order valence-electron chi connectivity index (χ0n) is 9.97. The summed E-state index contributed by atoms with van der Waals surface area (Å²) in [6, 6.07) is 3.63. The molecule has 0 aromatic carbocycles. The van der Waals surface area contributed by atoms with E-state index in [1.54, 1.807) is 18.3 Å². The number of carboxylic acids is 1. The quantitative estimate of drug-likeness (QED) is 0.828. The van der Waals surface area contributed by atoms with Crippen LogP contribution >= 0.6 is 0 Å². The normalized spacial score (nSPS) is 11.1. The SMILES string of the molecule is CCN(Cc1ncccc1C(=O)O)C(C)C. The van der Waals surface area contributed by atoms with Gasteiger partial charge in [0.15, 0.2) is 0 Å². The van der Waals surface area contributed by atoms with Gasteiger partial charge < -0.3 is 5.11 Å². The molecule has 0 atom stereocenters. The minimum absolute atomic E-state index is 0.293. The van der Waals surface area contributed by atoms with Crippen LogP contribution in [0.3, 0.4) is 0 Å². The van der Waals surface area contributed by atoms with Crippen LogP contribution < -0.4 is 0 Å². The Morgan fingerprint density at radius 2 is 2.25 bits per heavy atom. The summed E-state index contributed by atoms with van der Waals surface area (Å²) >= 11 is 0. The van der Waals surface area contributed by atoms with Crippen molar-refractivity contribution in [2.24, 2.45) is 0 Å². The number of hydrogen-bond acceptors (Lipinski definition) is 3. The Balaban J connectivity index is 2.91. The molecule has 0 saturated heterocycles. The Labute approximate surface area is 95.9 Å².